The van der Waals surface area contributed by atoms with Crippen LogP contribution in [0.1, 0.15) is 271 Å². The third-order valence-corrected chi connectivity index (χ3v) is 22.2. The van der Waals surface area contributed by atoms with Crippen LogP contribution in [0, 0.1) is 23.7 Å². The smallest absolute Gasteiger partial charge is 0.0947 e. The molecule has 0 unspecified atom stereocenters. The number of hydrogen-bond acceptors (Lipinski definition) is 7. The van der Waals surface area contributed by atoms with E-state index in [1.165, 1.54) is 51.4 Å². The molecule has 10 nitrogen and oxygen atoms in total. The Morgan fingerprint density at radius 3 is 0.679 bits per heavy atom. The van der Waals surface area contributed by atoms with E-state index in [0.717, 1.165) is 49.4 Å². The summed E-state index contributed by atoms with van der Waals surface area (Å²) < 4.78 is 11.4. The number of aliphatic hydroxyl groups excluding tert-OH is 2. The fraction of sp³-hybridized carbons (Fsp3) is 1.00. The molecule has 0 bridgehead atoms. The number of aliphatic hydroxyl groups is 2. The van der Waals surface area contributed by atoms with Crippen LogP contribution < -0.4 is 14.7 Å². The highest BCUT2D eigenvalue weighted by Gasteiger charge is 2.49. The lowest BCUT2D eigenvalue weighted by Gasteiger charge is -2.53. The van der Waals surface area contributed by atoms with E-state index in [2.05, 4.69) is 251 Å². The molecule has 6 saturated heterocycles. The van der Waals surface area contributed by atoms with Crippen LogP contribution in [0.3, 0.4) is 0 Å². The Morgan fingerprint density at radius 1 is 0.308 bits per heavy atom. The van der Waals surface area contributed by atoms with E-state index in [1.807, 2.05) is 0 Å². The Bertz CT molecular complexity index is 1450. The molecule has 6 aliphatic rings. The maximum Gasteiger partial charge on any atom is 0.0947 e. The summed E-state index contributed by atoms with van der Waals surface area (Å²) in [6.45, 7) is 66.8. The molecule has 0 aliphatic carbocycles. The second-order valence-electron chi connectivity index (χ2n) is 35.0. The summed E-state index contributed by atoms with van der Waals surface area (Å²) in [6, 6.07) is 0. The van der Waals surface area contributed by atoms with Crippen LogP contribution >= 0.6 is 0 Å². The molecule has 0 aromatic heterocycles. The van der Waals surface area contributed by atoms with E-state index in [9.17, 15) is 0 Å². The van der Waals surface area contributed by atoms with Crippen LogP contribution in [-0.2, 0) is 9.47 Å². The second-order valence-corrected chi connectivity index (χ2v) is 35.0. The lowest BCUT2D eigenvalue weighted by molar-refractivity contribution is -0.983. The molecule has 0 atom stereocenters. The van der Waals surface area contributed by atoms with Crippen molar-refractivity contribution in [3.05, 3.63) is 0 Å². The van der Waals surface area contributed by atoms with Gasteiger partial charge in [-0.25, -0.2) is 0 Å². The van der Waals surface area contributed by atoms with Gasteiger partial charge in [0.05, 0.1) is 93.0 Å². The molecule has 6 rings (SSSR count). The van der Waals surface area contributed by atoms with Gasteiger partial charge in [0, 0.05) is 71.8 Å². The molecule has 0 radical (unpaired) electrons. The van der Waals surface area contributed by atoms with Crippen molar-refractivity contribution in [1.29, 1.82) is 0 Å². The topological polar surface area (TPSA) is 82.0 Å². The zero-order valence-corrected chi connectivity index (χ0v) is 59.3. The van der Waals surface area contributed by atoms with Crippen molar-refractivity contribution in [3.8, 4) is 0 Å². The van der Waals surface area contributed by atoms with E-state index in [1.54, 1.807) is 14.7 Å². The van der Waals surface area contributed by atoms with Gasteiger partial charge in [-0.3, -0.25) is 14.7 Å². The Labute approximate surface area is 489 Å². The van der Waals surface area contributed by atoms with Gasteiger partial charge >= 0.3 is 0 Å². The van der Waals surface area contributed by atoms with E-state index in [0.29, 0.717) is 63.6 Å². The molecule has 0 amide bonds. The highest BCUT2D eigenvalue weighted by molar-refractivity contribution is 5.00. The summed E-state index contributed by atoms with van der Waals surface area (Å²) in [5, 5.41) is 17.6. The lowest BCUT2D eigenvalue weighted by Crippen LogP contribution is -3.24. The van der Waals surface area contributed by atoms with Crippen LogP contribution in [-0.4, -0.2) is 172 Å². The van der Waals surface area contributed by atoms with Crippen molar-refractivity contribution in [2.45, 2.75) is 350 Å². The molecule has 0 spiro atoms. The fourth-order valence-electron chi connectivity index (χ4n) is 17.2. The molecule has 468 valence electrons. The predicted octanol–water partition coefficient (Wildman–Crippen LogP) is 10.7. The number of nitrogens with zero attached hydrogens (tertiary/aromatic N) is 3. The minimum atomic E-state index is 0.118. The SMILES string of the molecule is CC1CC(C)(C)N(C)C(C)(C)C1.CC1CC(C)(C)N(C)C(C)(C)C1.CC1CC(C)(C)[NH+](C)C(C)(C)C1.CC1CC(C)(C)[NH+](C)C(C)(C)C1.CN1C(C)(C)CC(OCCO)CC1(C)C.C[NH+]1C(C)(C)CC(OCCO)CC1(C)C. The first-order chi connectivity index (χ1) is 34.6. The zero-order chi connectivity index (χ0) is 61.7. The Morgan fingerprint density at radius 2 is 0.474 bits per heavy atom. The van der Waals surface area contributed by atoms with Crippen molar-refractivity contribution in [1.82, 2.24) is 14.7 Å². The zero-order valence-electron chi connectivity index (χ0n) is 59.3. The number of rotatable bonds is 6. The summed E-state index contributed by atoms with van der Waals surface area (Å²) in [6.07, 6.45) is 15.5. The van der Waals surface area contributed by atoms with Crippen LogP contribution in [0.25, 0.3) is 0 Å². The number of nitrogens with one attached hydrogen (secondary N) is 3. The van der Waals surface area contributed by atoms with Gasteiger partial charge in [-0.15, -0.1) is 0 Å². The highest BCUT2D eigenvalue weighted by Crippen LogP contribution is 2.42. The Balaban J connectivity index is 0.000000469. The van der Waals surface area contributed by atoms with Crippen molar-refractivity contribution >= 4 is 0 Å². The Kier molecular flexibility index (Phi) is 26.9. The summed E-state index contributed by atoms with van der Waals surface area (Å²) in [4.78, 5) is 12.4. The third kappa shape index (κ3) is 21.6. The van der Waals surface area contributed by atoms with Crippen molar-refractivity contribution < 1.29 is 34.4 Å². The molecule has 6 fully saturated rings. The molecular formula is C68H145N6O4+3. The van der Waals surface area contributed by atoms with Crippen LogP contribution in [0.5, 0.6) is 0 Å². The number of quaternary nitrogens is 3. The summed E-state index contributed by atoms with van der Waals surface area (Å²) in [5.74, 6) is 3.51. The van der Waals surface area contributed by atoms with Crippen LogP contribution in [0.4, 0.5) is 0 Å². The third-order valence-electron chi connectivity index (χ3n) is 22.2. The van der Waals surface area contributed by atoms with E-state index < -0.39 is 0 Å². The van der Waals surface area contributed by atoms with Crippen molar-refractivity contribution in [2.75, 3.05) is 68.7 Å². The lowest BCUT2D eigenvalue weighted by atomic mass is 9.75. The normalized spacial score (nSPS) is 33.2. The van der Waals surface area contributed by atoms with Gasteiger partial charge in [0.15, 0.2) is 0 Å². The van der Waals surface area contributed by atoms with Gasteiger partial charge in [0.1, 0.15) is 0 Å². The Hall–Kier alpha value is -0.400. The number of likely N-dealkylation sites (tertiary alicyclic amines) is 6. The molecule has 78 heavy (non-hydrogen) atoms. The van der Waals surface area contributed by atoms with E-state index in [-0.39, 0.29) is 41.5 Å². The van der Waals surface area contributed by atoms with E-state index in [4.69, 9.17) is 19.7 Å². The minimum Gasteiger partial charge on any atom is -0.394 e. The average molecular weight is 1110 g/mol. The molecule has 0 aromatic rings. The van der Waals surface area contributed by atoms with Gasteiger partial charge in [0.2, 0.25) is 0 Å². The minimum absolute atomic E-state index is 0.118. The molecule has 6 aliphatic heterocycles. The van der Waals surface area contributed by atoms with Crippen molar-refractivity contribution in [2.24, 2.45) is 23.7 Å². The predicted molar refractivity (Wildman–Crippen MR) is 339 cm³/mol. The van der Waals surface area contributed by atoms with Gasteiger partial charge in [-0.2, -0.15) is 0 Å². The van der Waals surface area contributed by atoms with Gasteiger partial charge < -0.3 is 34.4 Å². The van der Waals surface area contributed by atoms with Crippen LogP contribution in [0.2, 0.25) is 0 Å². The monoisotopic (exact) mass is 1110 g/mol. The quantitative estimate of drug-likeness (QED) is 0.181. The second kappa shape index (κ2) is 27.8. The average Bonchev–Trinajstić information content (AvgIpc) is 3.22. The number of piperidine rings is 6. The molecule has 6 heterocycles. The van der Waals surface area contributed by atoms with Gasteiger partial charge in [-0.05, 0) is 250 Å². The molecule has 0 saturated carbocycles. The van der Waals surface area contributed by atoms with E-state index >= 15 is 0 Å². The largest absolute Gasteiger partial charge is 0.394 e. The number of hydrogen-bond donors (Lipinski definition) is 5. The van der Waals surface area contributed by atoms with Crippen LogP contribution in [0.15, 0.2) is 0 Å². The fourth-order valence-corrected chi connectivity index (χ4v) is 17.2. The maximum absolute atomic E-state index is 8.78. The maximum atomic E-state index is 8.78. The first-order valence-electron chi connectivity index (χ1n) is 31.8. The summed E-state index contributed by atoms with van der Waals surface area (Å²) in [7, 11) is 13.6. The molecular weight excluding hydrogens is 965 g/mol. The highest BCUT2D eigenvalue weighted by atomic mass is 16.5. The molecule has 5 N–H and O–H groups in total. The summed E-state index contributed by atoms with van der Waals surface area (Å²) in [5.41, 5.74) is 4.18. The first-order valence-corrected chi connectivity index (χ1v) is 31.8. The molecule has 0 aromatic carbocycles. The van der Waals surface area contributed by atoms with Gasteiger partial charge in [-0.1, -0.05) is 27.7 Å². The van der Waals surface area contributed by atoms with Gasteiger partial charge in [0.25, 0.3) is 0 Å². The molecule has 10 heteroatoms. The first kappa shape index (κ1) is 75.6. The summed E-state index contributed by atoms with van der Waals surface area (Å²) >= 11 is 0. The van der Waals surface area contributed by atoms with Crippen molar-refractivity contribution in [3.63, 3.8) is 0 Å². The number of ether oxygens (including phenoxy) is 2. The standard InChI is InChI=1S/2C12H25NO2.4C11H23N/c2*1-11(2)8-10(15-7-6-14)9-12(3,4)13(11)5;4*1-9-7-10(2,3)12(6)11(4,5)8-9/h2*10,14H,6-9H2,1-5H3;4*9H,7-8H2,1-6H3/p+3.